The number of nitrogens with one attached hydrogen (secondary N) is 21. The van der Waals surface area contributed by atoms with Gasteiger partial charge in [-0.2, -0.15) is 0 Å². The van der Waals surface area contributed by atoms with Gasteiger partial charge in [-0.15, -0.1) is 0 Å². The van der Waals surface area contributed by atoms with E-state index in [1.54, 1.807) is 30.3 Å². The van der Waals surface area contributed by atoms with Crippen LogP contribution in [0.25, 0.3) is 0 Å². The average Bonchev–Trinajstić information content (AvgIpc) is 0.991. The quantitative estimate of drug-likeness (QED) is 0.0166. The number of aliphatic carboxylic acids is 1. The summed E-state index contributed by atoms with van der Waals surface area (Å²) in [6.07, 6.45) is 1.15. The lowest BCUT2D eigenvalue weighted by Gasteiger charge is -2.29. The molecule has 0 spiro atoms. The second-order valence-corrected chi connectivity index (χ2v) is 27.5. The Bertz CT molecular complexity index is 3620. The van der Waals surface area contributed by atoms with Gasteiger partial charge in [0.25, 0.3) is 0 Å². The minimum Gasteiger partial charge on any atom is -0.480 e. The number of nitrogens with zero attached hydrogens (tertiary/aromatic N) is 1. The molecule has 658 valence electrons. The summed E-state index contributed by atoms with van der Waals surface area (Å²) in [6.45, 7) is -0.772. The molecule has 48 nitrogen and oxygen atoms in total. The maximum absolute atomic E-state index is 15.1. The van der Waals surface area contributed by atoms with Crippen LogP contribution in [0.5, 0.6) is 0 Å². The van der Waals surface area contributed by atoms with E-state index in [1.165, 1.54) is 12.5 Å². The summed E-state index contributed by atoms with van der Waals surface area (Å²) in [6, 6.07) is -9.15. The number of carboxylic acids is 1. The molecule has 0 aliphatic heterocycles. The zero-order valence-electron chi connectivity index (χ0n) is 66.1. The van der Waals surface area contributed by atoms with E-state index >= 15 is 9.59 Å². The lowest BCUT2D eigenvalue weighted by Crippen LogP contribution is -2.61. The first-order valence-electron chi connectivity index (χ1n) is 38.6. The first kappa shape index (κ1) is 101. The monoisotopic (exact) mass is 1670 g/mol. The fourth-order valence-electron chi connectivity index (χ4n) is 11.6. The molecule has 0 saturated carbocycles. The van der Waals surface area contributed by atoms with Crippen molar-refractivity contribution in [3.63, 3.8) is 0 Å². The van der Waals surface area contributed by atoms with Gasteiger partial charge in [-0.25, -0.2) is 4.98 Å². The molecule has 42 N–H and O–H groups in total. The summed E-state index contributed by atoms with van der Waals surface area (Å²) in [4.78, 5) is 215. The molecule has 1 aromatic carbocycles. The number of amides is 14. The van der Waals surface area contributed by atoms with Gasteiger partial charge in [0.05, 0.1) is 19.3 Å². The number of aromatic nitrogens is 2. The van der Waals surface area contributed by atoms with Crippen LogP contribution in [0.15, 0.2) is 42.9 Å². The van der Waals surface area contributed by atoms with E-state index in [9.17, 15) is 67.4 Å². The largest absolute Gasteiger partial charge is 0.480 e. The van der Waals surface area contributed by atoms with Crippen molar-refractivity contribution in [2.75, 3.05) is 58.9 Å². The van der Waals surface area contributed by atoms with Crippen LogP contribution in [0, 0.1) is 21.6 Å². The smallest absolute Gasteiger partial charge is 0.322 e. The number of primary amides is 2. The highest BCUT2D eigenvalue weighted by Gasteiger charge is 2.38. The van der Waals surface area contributed by atoms with Gasteiger partial charge >= 0.3 is 5.97 Å². The number of aromatic amines is 1. The standard InChI is InChI=1S/C70H122N32O16/c71-25-7-4-16-41(56(108)90-37-55(106)107)93-59(111)44(19-10-28-86-67(77)78)98-66(118)51(34-53(76)104)102-62(114)47(22-13-31-89-70(83)84)97-65(117)50(33-40-36-85-38-91-40)101-61(113)46(21-12-30-88-69(81)82)96-64(116)49(32-39-14-2-1-3-15-39)100-60(112)45(20-11-29-87-68(79)80)95-63(115)48(23-24-52(75)103)99-58(110)43(18-6-9-27-73)94-57(109)42(17-5-8-26-72)92-54(105)35-74/h1-3,14-15,36,38,41-51H,4-13,16-35,37,71-74H2,(H2,75,103)(H2,76,104)(H,85,91)(H,90,108)(H,92,105)(H,93,111)(H,94,109)(H,95,115)(H,96,116)(H,97,117)(H,98,118)(H,99,110)(H,100,112)(H,101,113)(H,102,114)(H,106,107)(H4,77,78,86)(H4,79,80,87)(H4,81,82,88)(H4,83,84,89)/t41-,42-,43-,44-,45-,46-,47-,48-,49-,50-,51-/m0/s1. The zero-order chi connectivity index (χ0) is 88.1. The first-order chi connectivity index (χ1) is 56.1. The first-order valence-corrected chi connectivity index (χ1v) is 38.6. The Morgan fingerprint density at radius 1 is 0.356 bits per heavy atom. The van der Waals surface area contributed by atoms with Crippen molar-refractivity contribution in [2.24, 2.45) is 57.3 Å². The Kier molecular flexibility index (Phi) is 49.4. The van der Waals surface area contributed by atoms with E-state index in [1.807, 2.05) is 0 Å². The van der Waals surface area contributed by atoms with Crippen molar-refractivity contribution in [3.8, 4) is 0 Å². The Hall–Kier alpha value is -12.6. The molecule has 14 amide bonds. The van der Waals surface area contributed by atoms with Gasteiger partial charge < -0.3 is 152 Å². The van der Waals surface area contributed by atoms with Gasteiger partial charge in [-0.3, -0.25) is 93.6 Å². The van der Waals surface area contributed by atoms with E-state index in [2.05, 4.69) is 95.0 Å². The fraction of sp³-hybridized carbons (Fsp3) is 0.600. The van der Waals surface area contributed by atoms with Crippen molar-refractivity contribution in [1.82, 2.24) is 95.0 Å². The van der Waals surface area contributed by atoms with E-state index in [0.717, 1.165) is 0 Å². The van der Waals surface area contributed by atoms with Gasteiger partial charge in [0.2, 0.25) is 82.7 Å². The number of H-pyrrole nitrogens is 1. The van der Waals surface area contributed by atoms with Gasteiger partial charge in [0.1, 0.15) is 73.0 Å². The summed E-state index contributed by atoms with van der Waals surface area (Å²) in [5.74, 6) is -17.1. The minimum absolute atomic E-state index is 0.00210. The highest BCUT2D eigenvalue weighted by Crippen LogP contribution is 2.14. The third kappa shape index (κ3) is 43.8. The van der Waals surface area contributed by atoms with Crippen molar-refractivity contribution < 1.29 is 77.0 Å². The van der Waals surface area contributed by atoms with Crippen LogP contribution in [0.3, 0.4) is 0 Å². The normalized spacial score (nSPS) is 13.6. The van der Waals surface area contributed by atoms with Gasteiger partial charge in [0, 0.05) is 57.3 Å². The molecule has 48 heteroatoms. The molecule has 0 bridgehead atoms. The molecule has 1 aromatic heterocycles. The predicted octanol–water partition coefficient (Wildman–Crippen LogP) is -10.7. The van der Waals surface area contributed by atoms with Crippen molar-refractivity contribution in [1.29, 1.82) is 21.6 Å². The molecule has 118 heavy (non-hydrogen) atoms. The Morgan fingerprint density at radius 2 is 0.661 bits per heavy atom. The zero-order valence-corrected chi connectivity index (χ0v) is 66.1. The molecule has 0 saturated heterocycles. The Morgan fingerprint density at radius 3 is 0.975 bits per heavy atom. The number of hydrogen-bond donors (Lipinski definition) is 32. The van der Waals surface area contributed by atoms with Crippen LogP contribution in [-0.4, -0.2) is 253 Å². The van der Waals surface area contributed by atoms with Crippen molar-refractivity contribution in [3.05, 3.63) is 54.1 Å². The molecule has 0 radical (unpaired) electrons. The molecular formula is C70H122N32O16. The van der Waals surface area contributed by atoms with E-state index in [4.69, 9.17) is 79.0 Å². The van der Waals surface area contributed by atoms with Crippen LogP contribution < -0.4 is 142 Å². The molecule has 1 heterocycles. The molecule has 0 aliphatic rings. The number of carbonyl (C=O) groups is 15. The second kappa shape index (κ2) is 57.4. The summed E-state index contributed by atoms with van der Waals surface area (Å²) in [5, 5.41) is 80.7. The van der Waals surface area contributed by atoms with Crippen LogP contribution in [0.1, 0.15) is 140 Å². The third-order valence-electron chi connectivity index (χ3n) is 17.7. The topological polar surface area (TPSA) is 853 Å². The van der Waals surface area contributed by atoms with E-state index < -0.39 is 218 Å². The number of unbranched alkanes of at least 4 members (excludes halogenated alkanes) is 3. The van der Waals surface area contributed by atoms with Crippen LogP contribution in [-0.2, 0) is 84.8 Å². The molecular weight excluding hydrogens is 1540 g/mol. The lowest BCUT2D eigenvalue weighted by atomic mass is 10.0. The minimum atomic E-state index is -1.91. The molecule has 11 atom stereocenters. The number of carboxylic acid groups (broad SMARTS) is 1. The second-order valence-electron chi connectivity index (χ2n) is 27.5. The fourth-order valence-corrected chi connectivity index (χ4v) is 11.6. The third-order valence-corrected chi connectivity index (χ3v) is 17.7. The summed E-state index contributed by atoms with van der Waals surface area (Å²) in [5.41, 5.74) is 56.6. The van der Waals surface area contributed by atoms with Crippen LogP contribution >= 0.6 is 0 Å². The highest BCUT2D eigenvalue weighted by atomic mass is 16.4. The average molecular weight is 1670 g/mol. The number of guanidine groups is 4. The maximum atomic E-state index is 15.1. The number of benzene rings is 1. The van der Waals surface area contributed by atoms with Gasteiger partial charge in [-0.1, -0.05) is 30.3 Å². The number of nitrogens with two attached hydrogens (primary N) is 10. The van der Waals surface area contributed by atoms with E-state index in [-0.39, 0.29) is 141 Å². The van der Waals surface area contributed by atoms with Gasteiger partial charge in [-0.05, 0) is 141 Å². The molecule has 0 aliphatic carbocycles. The van der Waals surface area contributed by atoms with E-state index in [0.29, 0.717) is 31.2 Å². The Balaban J connectivity index is 2.79. The summed E-state index contributed by atoms with van der Waals surface area (Å²) < 4.78 is 0. The van der Waals surface area contributed by atoms with Crippen molar-refractivity contribution >= 4 is 113 Å². The number of rotatable bonds is 62. The van der Waals surface area contributed by atoms with Gasteiger partial charge in [0.15, 0.2) is 23.8 Å². The van der Waals surface area contributed by atoms with Crippen molar-refractivity contribution in [2.45, 2.75) is 208 Å². The number of imidazole rings is 1. The highest BCUT2D eigenvalue weighted by molar-refractivity contribution is 6.00. The number of carbonyl (C=O) groups excluding carboxylic acids is 14. The summed E-state index contributed by atoms with van der Waals surface area (Å²) >= 11 is 0. The predicted molar refractivity (Wildman–Crippen MR) is 431 cm³/mol. The lowest BCUT2D eigenvalue weighted by molar-refractivity contribution is -0.138. The molecule has 0 unspecified atom stereocenters. The number of hydrogen-bond acceptors (Lipinski definition) is 24. The maximum Gasteiger partial charge on any atom is 0.322 e. The van der Waals surface area contributed by atoms with Crippen LogP contribution in [0.4, 0.5) is 0 Å². The molecule has 0 fully saturated rings. The Labute approximate surface area is 681 Å². The SMILES string of the molecule is N=C(N)NCCC[C@H](NC(=O)[C@H](CC(N)=O)NC(=O)[C@H](CCCNC(=N)N)NC(=O)[C@H](Cc1cnc[nH]1)NC(=O)[C@H](CCCNC(=N)N)NC(=O)[C@H](Cc1ccccc1)NC(=O)[C@H](CCCNC(=N)N)NC(=O)[C@H](CCC(N)=O)NC(=O)[C@H](CCCCN)NC(=O)[C@H](CCCCN)NC(=O)CN)C(=O)N[C@@H](CCCCN)C(=O)NCC(=O)O. The summed E-state index contributed by atoms with van der Waals surface area (Å²) in [7, 11) is 0. The molecule has 2 aromatic rings. The van der Waals surface area contributed by atoms with Crippen LogP contribution in [0.2, 0.25) is 0 Å². The molecule has 2 rings (SSSR count).